The highest BCUT2D eigenvalue weighted by Crippen LogP contribution is 2.28. The summed E-state index contributed by atoms with van der Waals surface area (Å²) in [6, 6.07) is 20.2. The van der Waals surface area contributed by atoms with Gasteiger partial charge >= 0.3 is 0 Å². The van der Waals surface area contributed by atoms with Gasteiger partial charge in [0.25, 0.3) is 0 Å². The van der Waals surface area contributed by atoms with Crippen molar-refractivity contribution in [2.45, 2.75) is 13.0 Å². The van der Waals surface area contributed by atoms with Crippen molar-refractivity contribution in [1.82, 2.24) is 9.55 Å². The second-order valence-corrected chi connectivity index (χ2v) is 6.98. The van der Waals surface area contributed by atoms with Crippen molar-refractivity contribution in [2.24, 2.45) is 7.05 Å². The van der Waals surface area contributed by atoms with E-state index in [1.165, 1.54) is 0 Å². The standard InChI is InChI=1S/C20H18BrN3O/c1-13(18-10-11-19(25-18)14-6-4-3-5-7-14)22-20-23-16-9-8-15(21)12-17(16)24(20)2/h3-13H,1-2H3,(H,22,23). The fourth-order valence-electron chi connectivity index (χ4n) is 2.90. The maximum absolute atomic E-state index is 6.03. The molecular weight excluding hydrogens is 378 g/mol. The number of fused-ring (bicyclic) bond motifs is 1. The van der Waals surface area contributed by atoms with Crippen LogP contribution in [0.4, 0.5) is 5.95 Å². The Bertz CT molecular complexity index is 1020. The Morgan fingerprint density at radius 3 is 2.68 bits per heavy atom. The summed E-state index contributed by atoms with van der Waals surface area (Å²) in [4.78, 5) is 4.67. The normalized spacial score (nSPS) is 12.4. The number of furan rings is 1. The first-order valence-electron chi connectivity index (χ1n) is 8.15. The zero-order valence-electron chi connectivity index (χ0n) is 14.0. The maximum Gasteiger partial charge on any atom is 0.204 e. The molecule has 5 heteroatoms. The van der Waals surface area contributed by atoms with Gasteiger partial charge in [-0.2, -0.15) is 0 Å². The molecule has 2 aromatic carbocycles. The van der Waals surface area contributed by atoms with Crippen LogP contribution in [0.15, 0.2) is 69.6 Å². The van der Waals surface area contributed by atoms with Crippen LogP contribution in [0.25, 0.3) is 22.4 Å². The SMILES string of the molecule is CC(Nc1nc2ccc(Br)cc2n1C)c1ccc(-c2ccccc2)o1. The van der Waals surface area contributed by atoms with Crippen LogP contribution >= 0.6 is 15.9 Å². The predicted octanol–water partition coefficient (Wildman–Crippen LogP) is 5.77. The highest BCUT2D eigenvalue weighted by atomic mass is 79.9. The van der Waals surface area contributed by atoms with Gasteiger partial charge in [-0.1, -0.05) is 46.3 Å². The molecule has 25 heavy (non-hydrogen) atoms. The van der Waals surface area contributed by atoms with E-state index >= 15 is 0 Å². The van der Waals surface area contributed by atoms with E-state index in [0.29, 0.717) is 0 Å². The first-order valence-corrected chi connectivity index (χ1v) is 8.95. The molecule has 2 heterocycles. The van der Waals surface area contributed by atoms with Crippen molar-refractivity contribution in [3.05, 3.63) is 70.9 Å². The largest absolute Gasteiger partial charge is 0.459 e. The van der Waals surface area contributed by atoms with E-state index in [9.17, 15) is 0 Å². The van der Waals surface area contributed by atoms with Gasteiger partial charge in [0, 0.05) is 17.1 Å². The highest BCUT2D eigenvalue weighted by molar-refractivity contribution is 9.10. The fraction of sp³-hybridized carbons (Fsp3) is 0.150. The van der Waals surface area contributed by atoms with Gasteiger partial charge in [-0.3, -0.25) is 0 Å². The molecule has 4 rings (SSSR count). The molecule has 2 aromatic heterocycles. The van der Waals surface area contributed by atoms with Gasteiger partial charge in [0.05, 0.1) is 17.1 Å². The van der Waals surface area contributed by atoms with Crippen molar-refractivity contribution in [3.8, 4) is 11.3 Å². The van der Waals surface area contributed by atoms with Gasteiger partial charge in [-0.25, -0.2) is 4.98 Å². The predicted molar refractivity (Wildman–Crippen MR) is 105 cm³/mol. The van der Waals surface area contributed by atoms with Crippen molar-refractivity contribution in [3.63, 3.8) is 0 Å². The molecule has 0 bridgehead atoms. The first-order chi connectivity index (χ1) is 12.1. The van der Waals surface area contributed by atoms with E-state index < -0.39 is 0 Å². The van der Waals surface area contributed by atoms with Crippen LogP contribution in [-0.2, 0) is 7.05 Å². The summed E-state index contributed by atoms with van der Waals surface area (Å²) in [5.41, 5.74) is 3.12. The maximum atomic E-state index is 6.03. The minimum Gasteiger partial charge on any atom is -0.459 e. The van der Waals surface area contributed by atoms with Gasteiger partial charge in [0.15, 0.2) is 0 Å². The van der Waals surface area contributed by atoms with Gasteiger partial charge in [0.1, 0.15) is 11.5 Å². The second-order valence-electron chi connectivity index (χ2n) is 6.06. The van der Waals surface area contributed by atoms with Gasteiger partial charge < -0.3 is 14.3 Å². The third kappa shape index (κ3) is 3.07. The Kier molecular flexibility index (Phi) is 4.09. The van der Waals surface area contributed by atoms with Gasteiger partial charge in [-0.05, 0) is 37.3 Å². The number of halogens is 1. The Balaban J connectivity index is 1.59. The summed E-state index contributed by atoms with van der Waals surface area (Å²) in [6.07, 6.45) is 0. The van der Waals surface area contributed by atoms with Gasteiger partial charge in [0.2, 0.25) is 5.95 Å². The minimum absolute atomic E-state index is 0.0106. The van der Waals surface area contributed by atoms with E-state index in [-0.39, 0.29) is 6.04 Å². The number of imidazole rings is 1. The average Bonchev–Trinajstić information content (AvgIpc) is 3.23. The molecule has 126 valence electrons. The van der Waals surface area contributed by atoms with Crippen LogP contribution in [0.2, 0.25) is 0 Å². The monoisotopic (exact) mass is 395 g/mol. The molecule has 0 saturated heterocycles. The molecule has 1 unspecified atom stereocenters. The van der Waals surface area contributed by atoms with Crippen LogP contribution in [-0.4, -0.2) is 9.55 Å². The summed E-state index contributed by atoms with van der Waals surface area (Å²) in [5, 5.41) is 3.44. The molecule has 0 aliphatic rings. The Morgan fingerprint density at radius 1 is 1.08 bits per heavy atom. The Morgan fingerprint density at radius 2 is 1.88 bits per heavy atom. The summed E-state index contributed by atoms with van der Waals surface area (Å²) in [6.45, 7) is 2.07. The van der Waals surface area contributed by atoms with E-state index in [1.54, 1.807) is 0 Å². The third-order valence-electron chi connectivity index (χ3n) is 4.30. The van der Waals surface area contributed by atoms with E-state index in [4.69, 9.17) is 4.42 Å². The number of rotatable bonds is 4. The zero-order valence-corrected chi connectivity index (χ0v) is 15.6. The second kappa shape index (κ2) is 6.41. The lowest BCUT2D eigenvalue weighted by Gasteiger charge is -2.12. The summed E-state index contributed by atoms with van der Waals surface area (Å²) >= 11 is 3.51. The number of nitrogens with one attached hydrogen (secondary N) is 1. The van der Waals surface area contributed by atoms with Crippen LogP contribution in [0.1, 0.15) is 18.7 Å². The number of aromatic nitrogens is 2. The molecule has 0 aliphatic carbocycles. The third-order valence-corrected chi connectivity index (χ3v) is 4.79. The van der Waals surface area contributed by atoms with E-state index in [1.807, 2.05) is 61.6 Å². The lowest BCUT2D eigenvalue weighted by molar-refractivity contribution is 0.501. The molecular formula is C20H18BrN3O. The number of nitrogens with zero attached hydrogens (tertiary/aromatic N) is 2. The van der Waals surface area contributed by atoms with Crippen molar-refractivity contribution >= 4 is 32.9 Å². The summed E-state index contributed by atoms with van der Waals surface area (Å²) in [5.74, 6) is 2.57. The molecule has 0 saturated carbocycles. The first kappa shape index (κ1) is 16.0. The highest BCUT2D eigenvalue weighted by Gasteiger charge is 2.15. The minimum atomic E-state index is 0.0106. The summed E-state index contributed by atoms with van der Waals surface area (Å²) in [7, 11) is 2.01. The molecule has 1 atom stereocenters. The quantitative estimate of drug-likeness (QED) is 0.476. The number of aryl methyl sites for hydroxylation is 1. The average molecular weight is 396 g/mol. The molecule has 4 nitrogen and oxygen atoms in total. The number of benzene rings is 2. The Hall–Kier alpha value is -2.53. The van der Waals surface area contributed by atoms with E-state index in [0.717, 1.165) is 38.5 Å². The zero-order chi connectivity index (χ0) is 17.4. The van der Waals surface area contributed by atoms with Crippen molar-refractivity contribution < 1.29 is 4.42 Å². The van der Waals surface area contributed by atoms with Gasteiger partial charge in [-0.15, -0.1) is 0 Å². The van der Waals surface area contributed by atoms with Crippen LogP contribution in [0.5, 0.6) is 0 Å². The Labute approximate surface area is 154 Å². The molecule has 0 radical (unpaired) electrons. The molecule has 0 fully saturated rings. The molecule has 4 aromatic rings. The van der Waals surface area contributed by atoms with Crippen LogP contribution in [0.3, 0.4) is 0 Å². The lowest BCUT2D eigenvalue weighted by atomic mass is 10.2. The van der Waals surface area contributed by atoms with Crippen LogP contribution in [0, 0.1) is 0 Å². The molecule has 0 spiro atoms. The van der Waals surface area contributed by atoms with E-state index in [2.05, 4.69) is 43.8 Å². The molecule has 0 amide bonds. The van der Waals surface area contributed by atoms with Crippen LogP contribution < -0.4 is 5.32 Å². The van der Waals surface area contributed by atoms with Crippen molar-refractivity contribution in [1.29, 1.82) is 0 Å². The number of hydrogen-bond donors (Lipinski definition) is 1. The smallest absolute Gasteiger partial charge is 0.204 e. The molecule has 0 aliphatic heterocycles. The fourth-order valence-corrected chi connectivity index (χ4v) is 3.25. The number of anilines is 1. The molecule has 1 N–H and O–H groups in total. The summed E-state index contributed by atoms with van der Waals surface area (Å²) < 4.78 is 9.13. The topological polar surface area (TPSA) is 43.0 Å². The lowest BCUT2D eigenvalue weighted by Crippen LogP contribution is -2.09. The van der Waals surface area contributed by atoms with Crippen molar-refractivity contribution in [2.75, 3.05) is 5.32 Å². The number of hydrogen-bond acceptors (Lipinski definition) is 3.